The molecule has 0 fully saturated rings. The van der Waals surface area contributed by atoms with Crippen LogP contribution in [0.5, 0.6) is 0 Å². The Hall–Kier alpha value is -2.62. The van der Waals surface area contributed by atoms with Crippen LogP contribution in [0.15, 0.2) is 60.7 Å². The predicted octanol–water partition coefficient (Wildman–Crippen LogP) is 4.88. The lowest BCUT2D eigenvalue weighted by Crippen LogP contribution is -2.12. The summed E-state index contributed by atoms with van der Waals surface area (Å²) in [6, 6.07) is 19.8. The van der Waals surface area contributed by atoms with Gasteiger partial charge in [0.1, 0.15) is 0 Å². The molecule has 0 radical (unpaired) electrons. The van der Waals surface area contributed by atoms with Crippen LogP contribution in [0.4, 0.5) is 5.69 Å². The van der Waals surface area contributed by atoms with E-state index in [2.05, 4.69) is 32.9 Å². The number of hydrogen-bond donors (Lipinski definition) is 3. The summed E-state index contributed by atoms with van der Waals surface area (Å²) in [6.45, 7) is 6.42. The van der Waals surface area contributed by atoms with Gasteiger partial charge in [0, 0.05) is 16.8 Å². The molecule has 0 aliphatic carbocycles. The van der Waals surface area contributed by atoms with E-state index in [1.807, 2.05) is 48.5 Å². The van der Waals surface area contributed by atoms with Gasteiger partial charge in [0.15, 0.2) is 0 Å². The van der Waals surface area contributed by atoms with E-state index in [1.165, 1.54) is 0 Å². The number of nitrogen functional groups attached to an aromatic ring is 1. The Morgan fingerprint density at radius 3 is 1.48 bits per heavy atom. The van der Waals surface area contributed by atoms with E-state index < -0.39 is 0 Å². The van der Waals surface area contributed by atoms with Crippen LogP contribution < -0.4 is 5.73 Å². The Kier molecular flexibility index (Phi) is 5.36. The average molecular weight is 361 g/mol. The van der Waals surface area contributed by atoms with Gasteiger partial charge in [-0.05, 0) is 45.4 Å². The number of aliphatic hydroxyl groups is 2. The van der Waals surface area contributed by atoms with Crippen LogP contribution in [0.2, 0.25) is 0 Å². The van der Waals surface area contributed by atoms with Crippen molar-refractivity contribution in [1.29, 1.82) is 0 Å². The fraction of sp³-hybridized carbons (Fsp3) is 0.250. The summed E-state index contributed by atoms with van der Waals surface area (Å²) in [7, 11) is 0. The largest absolute Gasteiger partial charge is 0.398 e. The first-order valence-corrected chi connectivity index (χ1v) is 9.19. The maximum absolute atomic E-state index is 9.79. The summed E-state index contributed by atoms with van der Waals surface area (Å²) in [5.41, 5.74) is 13.8. The minimum Gasteiger partial charge on any atom is -0.398 e. The first-order chi connectivity index (χ1) is 12.9. The van der Waals surface area contributed by atoms with Crippen molar-refractivity contribution in [2.75, 3.05) is 5.73 Å². The standard InChI is InChI=1S/C24H27NO2/c1-24(2,3)18-12-21(19-10-6-4-8-16(19)14-26)23(25)22(13-18)20-11-7-5-9-17(20)15-27/h4-13,26-27H,14-15,25H2,1-3H3. The van der Waals surface area contributed by atoms with Gasteiger partial charge in [0.05, 0.1) is 13.2 Å². The molecule has 3 heteroatoms. The molecule has 3 rings (SSSR count). The highest BCUT2D eigenvalue weighted by atomic mass is 16.3. The Morgan fingerprint density at radius 1 is 0.704 bits per heavy atom. The van der Waals surface area contributed by atoms with Crippen molar-refractivity contribution < 1.29 is 10.2 Å². The lowest BCUT2D eigenvalue weighted by Gasteiger charge is -2.24. The zero-order valence-corrected chi connectivity index (χ0v) is 16.2. The van der Waals surface area contributed by atoms with Crippen molar-refractivity contribution >= 4 is 5.69 Å². The minimum absolute atomic E-state index is 0.0437. The van der Waals surface area contributed by atoms with Crippen molar-refractivity contribution in [1.82, 2.24) is 0 Å². The Balaban J connectivity index is 2.35. The fourth-order valence-electron chi connectivity index (χ4n) is 3.37. The maximum Gasteiger partial charge on any atom is 0.0687 e. The van der Waals surface area contributed by atoms with Gasteiger partial charge in [-0.1, -0.05) is 69.3 Å². The van der Waals surface area contributed by atoms with Crippen LogP contribution in [0.3, 0.4) is 0 Å². The van der Waals surface area contributed by atoms with E-state index in [4.69, 9.17) is 5.73 Å². The molecule has 0 saturated carbocycles. The molecule has 0 aliphatic rings. The number of benzene rings is 3. The quantitative estimate of drug-likeness (QED) is 0.580. The second kappa shape index (κ2) is 7.55. The molecule has 27 heavy (non-hydrogen) atoms. The molecule has 0 atom stereocenters. The second-order valence-corrected chi connectivity index (χ2v) is 7.87. The van der Waals surface area contributed by atoms with Crippen molar-refractivity contribution in [3.8, 4) is 22.3 Å². The molecular weight excluding hydrogens is 334 g/mol. The molecular formula is C24H27NO2. The van der Waals surface area contributed by atoms with Crippen molar-refractivity contribution in [2.24, 2.45) is 0 Å². The molecule has 3 aromatic rings. The van der Waals surface area contributed by atoms with Crippen molar-refractivity contribution in [2.45, 2.75) is 39.4 Å². The van der Waals surface area contributed by atoms with Gasteiger partial charge in [0.2, 0.25) is 0 Å². The fourth-order valence-corrected chi connectivity index (χ4v) is 3.37. The molecule has 140 valence electrons. The molecule has 0 aliphatic heterocycles. The van der Waals surface area contributed by atoms with Crippen LogP contribution in [-0.4, -0.2) is 10.2 Å². The zero-order valence-electron chi connectivity index (χ0n) is 16.2. The van der Waals surface area contributed by atoms with Crippen LogP contribution >= 0.6 is 0 Å². The van der Waals surface area contributed by atoms with Crippen LogP contribution in [0.1, 0.15) is 37.5 Å². The lowest BCUT2D eigenvalue weighted by atomic mass is 9.81. The Labute approximate surface area is 161 Å². The van der Waals surface area contributed by atoms with Crippen LogP contribution in [-0.2, 0) is 18.6 Å². The summed E-state index contributed by atoms with van der Waals surface area (Å²) < 4.78 is 0. The maximum atomic E-state index is 9.79. The van der Waals surface area contributed by atoms with Gasteiger partial charge in [-0.2, -0.15) is 0 Å². The van der Waals surface area contributed by atoms with E-state index in [9.17, 15) is 10.2 Å². The van der Waals surface area contributed by atoms with E-state index in [-0.39, 0.29) is 18.6 Å². The predicted molar refractivity (Wildman–Crippen MR) is 112 cm³/mol. The molecule has 0 amide bonds. The summed E-state index contributed by atoms with van der Waals surface area (Å²) in [5, 5.41) is 19.6. The monoisotopic (exact) mass is 361 g/mol. The molecule has 0 saturated heterocycles. The first kappa shape index (κ1) is 19.2. The third-order valence-electron chi connectivity index (χ3n) is 5.00. The SMILES string of the molecule is CC(C)(C)c1cc(-c2ccccc2CO)c(N)c(-c2ccccc2CO)c1. The van der Waals surface area contributed by atoms with Crippen LogP contribution in [0.25, 0.3) is 22.3 Å². The van der Waals surface area contributed by atoms with Gasteiger partial charge >= 0.3 is 0 Å². The molecule has 3 aromatic carbocycles. The van der Waals surface area contributed by atoms with E-state index in [1.54, 1.807) is 0 Å². The molecule has 0 aromatic heterocycles. The highest BCUT2D eigenvalue weighted by molar-refractivity contribution is 5.91. The summed E-state index contributed by atoms with van der Waals surface area (Å²) in [5.74, 6) is 0. The number of anilines is 1. The Morgan fingerprint density at radius 2 is 1.11 bits per heavy atom. The van der Waals surface area contributed by atoms with Gasteiger partial charge in [-0.25, -0.2) is 0 Å². The number of nitrogens with two attached hydrogens (primary N) is 1. The zero-order chi connectivity index (χ0) is 19.6. The number of hydrogen-bond acceptors (Lipinski definition) is 3. The normalized spacial score (nSPS) is 11.6. The van der Waals surface area contributed by atoms with Gasteiger partial charge < -0.3 is 15.9 Å². The average Bonchev–Trinajstić information content (AvgIpc) is 2.67. The van der Waals surface area contributed by atoms with Gasteiger partial charge in [0.25, 0.3) is 0 Å². The van der Waals surface area contributed by atoms with E-state index in [0.717, 1.165) is 38.9 Å². The minimum atomic E-state index is -0.0699. The van der Waals surface area contributed by atoms with E-state index in [0.29, 0.717) is 5.69 Å². The smallest absolute Gasteiger partial charge is 0.0687 e. The molecule has 3 nitrogen and oxygen atoms in total. The number of rotatable bonds is 4. The Bertz CT molecular complexity index is 886. The molecule has 0 unspecified atom stereocenters. The number of aliphatic hydroxyl groups excluding tert-OH is 2. The molecule has 0 bridgehead atoms. The summed E-state index contributed by atoms with van der Waals surface area (Å²) >= 11 is 0. The topological polar surface area (TPSA) is 66.5 Å². The summed E-state index contributed by atoms with van der Waals surface area (Å²) in [6.07, 6.45) is 0. The van der Waals surface area contributed by atoms with Gasteiger partial charge in [-0.3, -0.25) is 0 Å². The first-order valence-electron chi connectivity index (χ1n) is 9.19. The summed E-state index contributed by atoms with van der Waals surface area (Å²) in [4.78, 5) is 0. The molecule has 4 N–H and O–H groups in total. The second-order valence-electron chi connectivity index (χ2n) is 7.87. The highest BCUT2D eigenvalue weighted by Crippen LogP contribution is 2.41. The third kappa shape index (κ3) is 3.75. The lowest BCUT2D eigenvalue weighted by molar-refractivity contribution is 0.282. The van der Waals surface area contributed by atoms with E-state index >= 15 is 0 Å². The van der Waals surface area contributed by atoms with Crippen molar-refractivity contribution in [3.05, 3.63) is 77.4 Å². The highest BCUT2D eigenvalue weighted by Gasteiger charge is 2.21. The van der Waals surface area contributed by atoms with Crippen LogP contribution in [0, 0.1) is 0 Å². The van der Waals surface area contributed by atoms with Crippen molar-refractivity contribution in [3.63, 3.8) is 0 Å². The van der Waals surface area contributed by atoms with Gasteiger partial charge in [-0.15, -0.1) is 0 Å². The molecule has 0 spiro atoms. The third-order valence-corrected chi connectivity index (χ3v) is 5.00. The molecule has 0 heterocycles.